The van der Waals surface area contributed by atoms with Gasteiger partial charge in [0.05, 0.1) is 0 Å². The number of fused-ring (bicyclic) bond motifs is 1. The molecule has 1 aliphatic heterocycles. The molecule has 0 radical (unpaired) electrons. The van der Waals surface area contributed by atoms with E-state index in [1.54, 1.807) is 13.2 Å². The van der Waals surface area contributed by atoms with Crippen LogP contribution in [-0.4, -0.2) is 57.9 Å². The number of carbonyl (C=O) groups is 1. The molecule has 6 nitrogen and oxygen atoms in total. The van der Waals surface area contributed by atoms with E-state index in [0.29, 0.717) is 30.2 Å². The number of aromatic nitrogens is 3. The number of carbonyl (C=O) groups excluding carboxylic acids is 1. The van der Waals surface area contributed by atoms with Crippen molar-refractivity contribution in [3.63, 3.8) is 0 Å². The van der Waals surface area contributed by atoms with Crippen LogP contribution in [0.25, 0.3) is 0 Å². The van der Waals surface area contributed by atoms with Crippen molar-refractivity contribution in [2.75, 3.05) is 26.2 Å². The smallest absolute Gasteiger partial charge is 0.422 e. The molecule has 0 spiro atoms. The monoisotopic (exact) mass is 510 g/mol. The summed E-state index contributed by atoms with van der Waals surface area (Å²) in [4.78, 5) is 19.1. The number of rotatable bonds is 9. The maximum Gasteiger partial charge on any atom is 0.422 e. The van der Waals surface area contributed by atoms with Crippen LogP contribution in [0.2, 0.25) is 0 Å². The summed E-state index contributed by atoms with van der Waals surface area (Å²) in [5.74, 6) is 0.562. The van der Waals surface area contributed by atoms with Gasteiger partial charge in [-0.2, -0.15) is 17.6 Å². The molecule has 1 saturated carbocycles. The molecule has 198 valence electrons. The van der Waals surface area contributed by atoms with Crippen LogP contribution < -0.4 is 4.74 Å². The SMILES string of the molecule is Cn1cc(CC(=O)CC2CCC(CCN3CCc4ccc(OCC(F)(F)F)nc4CC3)CC2)c(F)n1. The van der Waals surface area contributed by atoms with Crippen molar-refractivity contribution < 1.29 is 27.1 Å². The first-order valence-corrected chi connectivity index (χ1v) is 12.7. The number of nitrogens with zero attached hydrogens (tertiary/aromatic N) is 4. The highest BCUT2D eigenvalue weighted by Crippen LogP contribution is 2.33. The van der Waals surface area contributed by atoms with E-state index in [4.69, 9.17) is 4.74 Å². The lowest BCUT2D eigenvalue weighted by molar-refractivity contribution is -0.154. The average Bonchev–Trinajstić information content (AvgIpc) is 3.01. The van der Waals surface area contributed by atoms with Gasteiger partial charge in [-0.25, -0.2) is 4.98 Å². The summed E-state index contributed by atoms with van der Waals surface area (Å²) in [7, 11) is 1.65. The van der Waals surface area contributed by atoms with Gasteiger partial charge in [-0.15, -0.1) is 5.10 Å². The first-order chi connectivity index (χ1) is 17.1. The molecule has 4 rings (SSSR count). The quantitative estimate of drug-likeness (QED) is 0.458. The van der Waals surface area contributed by atoms with Crippen LogP contribution in [0.5, 0.6) is 5.88 Å². The summed E-state index contributed by atoms with van der Waals surface area (Å²) >= 11 is 0. The highest BCUT2D eigenvalue weighted by molar-refractivity contribution is 5.81. The van der Waals surface area contributed by atoms with Gasteiger partial charge in [0.1, 0.15) is 5.78 Å². The zero-order chi connectivity index (χ0) is 25.7. The number of ketones is 1. The van der Waals surface area contributed by atoms with Crippen LogP contribution in [0.4, 0.5) is 17.6 Å². The van der Waals surface area contributed by atoms with E-state index < -0.39 is 18.7 Å². The minimum atomic E-state index is -4.38. The second-order valence-corrected chi connectivity index (χ2v) is 10.2. The number of hydrogen-bond donors (Lipinski definition) is 0. The largest absolute Gasteiger partial charge is 0.468 e. The van der Waals surface area contributed by atoms with Gasteiger partial charge >= 0.3 is 6.18 Å². The predicted molar refractivity (Wildman–Crippen MR) is 126 cm³/mol. The Labute approximate surface area is 209 Å². The minimum Gasteiger partial charge on any atom is -0.468 e. The number of halogens is 4. The highest BCUT2D eigenvalue weighted by atomic mass is 19.4. The molecule has 0 saturated heterocycles. The lowest BCUT2D eigenvalue weighted by atomic mass is 9.78. The van der Waals surface area contributed by atoms with Crippen molar-refractivity contribution in [1.82, 2.24) is 19.7 Å². The lowest BCUT2D eigenvalue weighted by Crippen LogP contribution is -2.29. The molecular formula is C26H34F4N4O2. The zero-order valence-corrected chi connectivity index (χ0v) is 20.7. The van der Waals surface area contributed by atoms with Gasteiger partial charge in [0.25, 0.3) is 0 Å². The molecular weight excluding hydrogens is 476 g/mol. The number of Topliss-reactive ketones (excluding diaryl/α,β-unsaturated/α-hetero) is 1. The third kappa shape index (κ3) is 7.75. The molecule has 0 atom stereocenters. The lowest BCUT2D eigenvalue weighted by Gasteiger charge is -2.30. The molecule has 1 aliphatic carbocycles. The molecule has 2 aliphatic rings. The van der Waals surface area contributed by atoms with E-state index in [-0.39, 0.29) is 18.1 Å². The average molecular weight is 511 g/mol. The molecule has 36 heavy (non-hydrogen) atoms. The van der Waals surface area contributed by atoms with Gasteiger partial charge in [0.15, 0.2) is 6.61 Å². The van der Waals surface area contributed by atoms with Crippen molar-refractivity contribution in [1.29, 1.82) is 0 Å². The first kappa shape index (κ1) is 26.6. The molecule has 3 heterocycles. The summed E-state index contributed by atoms with van der Waals surface area (Å²) in [5.41, 5.74) is 2.28. The predicted octanol–water partition coefficient (Wildman–Crippen LogP) is 4.69. The maximum atomic E-state index is 13.7. The molecule has 2 aromatic heterocycles. The Bertz CT molecular complexity index is 1030. The number of alkyl halides is 3. The Morgan fingerprint density at radius 1 is 1.11 bits per heavy atom. The Balaban J connectivity index is 1.16. The molecule has 0 N–H and O–H groups in total. The van der Waals surface area contributed by atoms with Crippen LogP contribution in [0.15, 0.2) is 18.3 Å². The van der Waals surface area contributed by atoms with Gasteiger partial charge in [-0.1, -0.05) is 18.9 Å². The standard InChI is InChI=1S/C26H34F4N4O2/c1-33-16-21(25(27)32-33)15-22(35)14-19-4-2-18(3-5-19)8-11-34-12-9-20-6-7-24(31-23(20)10-13-34)36-17-26(28,29)30/h6-7,16,18-19H,2-5,8-15,17H2,1H3. The molecule has 1 fully saturated rings. The van der Waals surface area contributed by atoms with Gasteiger partial charge < -0.3 is 9.64 Å². The summed E-state index contributed by atoms with van der Waals surface area (Å²) in [6.45, 7) is 1.40. The summed E-state index contributed by atoms with van der Waals surface area (Å²) in [6, 6.07) is 3.36. The summed E-state index contributed by atoms with van der Waals surface area (Å²) < 4.78 is 57.1. The number of hydrogen-bond acceptors (Lipinski definition) is 5. The van der Waals surface area contributed by atoms with Crippen molar-refractivity contribution in [2.24, 2.45) is 18.9 Å². The summed E-state index contributed by atoms with van der Waals surface area (Å²) in [5, 5.41) is 3.66. The van der Waals surface area contributed by atoms with Crippen LogP contribution in [0, 0.1) is 17.8 Å². The Morgan fingerprint density at radius 3 is 2.53 bits per heavy atom. The van der Waals surface area contributed by atoms with Crippen molar-refractivity contribution in [2.45, 2.75) is 64.0 Å². The topological polar surface area (TPSA) is 60.2 Å². The van der Waals surface area contributed by atoms with E-state index in [1.165, 1.54) is 10.7 Å². The van der Waals surface area contributed by atoms with Crippen molar-refractivity contribution in [3.05, 3.63) is 41.1 Å². The van der Waals surface area contributed by atoms with Crippen LogP contribution in [0.3, 0.4) is 0 Å². The van der Waals surface area contributed by atoms with Crippen LogP contribution >= 0.6 is 0 Å². The van der Waals surface area contributed by atoms with Crippen LogP contribution in [-0.2, 0) is 31.1 Å². The second kappa shape index (κ2) is 11.7. The molecule has 0 unspecified atom stereocenters. The van der Waals surface area contributed by atoms with E-state index in [1.807, 2.05) is 6.07 Å². The molecule has 0 amide bonds. The second-order valence-electron chi connectivity index (χ2n) is 10.2. The normalized spacial score (nSPS) is 21.1. The zero-order valence-electron chi connectivity index (χ0n) is 20.7. The fourth-order valence-electron chi connectivity index (χ4n) is 5.39. The fraction of sp³-hybridized carbons (Fsp3) is 0.654. The highest BCUT2D eigenvalue weighted by Gasteiger charge is 2.29. The Kier molecular flexibility index (Phi) is 8.64. The number of pyridine rings is 1. The van der Waals surface area contributed by atoms with Gasteiger partial charge in [0, 0.05) is 62.9 Å². The van der Waals surface area contributed by atoms with E-state index >= 15 is 0 Å². The van der Waals surface area contributed by atoms with Gasteiger partial charge in [0.2, 0.25) is 11.8 Å². The third-order valence-electron chi connectivity index (χ3n) is 7.37. The number of ether oxygens (including phenoxy) is 1. The third-order valence-corrected chi connectivity index (χ3v) is 7.37. The minimum absolute atomic E-state index is 0.0281. The van der Waals surface area contributed by atoms with Crippen LogP contribution in [0.1, 0.15) is 55.3 Å². The van der Waals surface area contributed by atoms with Gasteiger partial charge in [-0.3, -0.25) is 9.48 Å². The number of aryl methyl sites for hydroxylation is 1. The van der Waals surface area contributed by atoms with Crippen molar-refractivity contribution >= 4 is 5.78 Å². The molecule has 10 heteroatoms. The van der Waals surface area contributed by atoms with E-state index in [0.717, 1.165) is 69.4 Å². The maximum absolute atomic E-state index is 13.7. The Hall–Kier alpha value is -2.49. The molecule has 2 aromatic rings. The molecule has 0 aromatic carbocycles. The van der Waals surface area contributed by atoms with E-state index in [2.05, 4.69) is 15.0 Å². The molecule has 0 bridgehead atoms. The Morgan fingerprint density at radius 2 is 1.83 bits per heavy atom. The van der Waals surface area contributed by atoms with Crippen molar-refractivity contribution in [3.8, 4) is 5.88 Å². The van der Waals surface area contributed by atoms with Gasteiger partial charge in [-0.05, 0) is 49.6 Å². The first-order valence-electron chi connectivity index (χ1n) is 12.7. The summed E-state index contributed by atoms with van der Waals surface area (Å²) in [6.07, 6.45) is 4.72. The van der Waals surface area contributed by atoms with E-state index in [9.17, 15) is 22.4 Å². The fourth-order valence-corrected chi connectivity index (χ4v) is 5.39.